The molecule has 5 atom stereocenters. The fourth-order valence-corrected chi connectivity index (χ4v) is 7.94. The van der Waals surface area contributed by atoms with Crippen LogP contribution in [0, 0.1) is 23.2 Å². The number of nitrogens with zero attached hydrogens (tertiary/aromatic N) is 1. The molecule has 0 saturated heterocycles. The minimum Gasteiger partial charge on any atom is -0.338 e. The molecule has 3 aliphatic carbocycles. The summed E-state index contributed by atoms with van der Waals surface area (Å²) in [6.07, 6.45) is 6.05. The minimum absolute atomic E-state index is 0.000614. The van der Waals surface area contributed by atoms with Gasteiger partial charge in [-0.05, 0) is 113 Å². The van der Waals surface area contributed by atoms with E-state index < -0.39 is 10.1 Å². The maximum absolute atomic E-state index is 13.6. The molecule has 0 heterocycles. The second kappa shape index (κ2) is 7.87. The maximum atomic E-state index is 13.6. The van der Waals surface area contributed by atoms with Gasteiger partial charge in [0.25, 0.3) is 10.1 Å². The molecule has 1 N–H and O–H groups in total. The summed E-state index contributed by atoms with van der Waals surface area (Å²) in [7, 11) is -4.17. The van der Waals surface area contributed by atoms with Crippen LogP contribution in [-0.4, -0.2) is 35.9 Å². The van der Waals surface area contributed by atoms with Crippen LogP contribution in [0.25, 0.3) is 0 Å². The monoisotopic (exact) mass is 447 g/mol. The molecule has 31 heavy (non-hydrogen) atoms. The van der Waals surface area contributed by atoms with E-state index in [0.717, 1.165) is 44.1 Å². The summed E-state index contributed by atoms with van der Waals surface area (Å²) < 4.78 is 32.5. The van der Waals surface area contributed by atoms with Gasteiger partial charge in [0.2, 0.25) is 5.91 Å². The van der Waals surface area contributed by atoms with Crippen LogP contribution in [0.2, 0.25) is 0 Å². The van der Waals surface area contributed by atoms with Crippen molar-refractivity contribution >= 4 is 16.0 Å². The number of rotatable bonds is 4. The van der Waals surface area contributed by atoms with E-state index in [9.17, 15) is 17.8 Å². The third-order valence-corrected chi connectivity index (χ3v) is 9.51. The zero-order chi connectivity index (χ0) is 22.7. The zero-order valence-corrected chi connectivity index (χ0v) is 20.3. The number of aryl methyl sites for hydroxylation is 1. The minimum atomic E-state index is -4.17. The van der Waals surface area contributed by atoms with Crippen LogP contribution in [0.5, 0.6) is 0 Å². The van der Waals surface area contributed by atoms with Gasteiger partial charge in [-0.25, -0.2) is 0 Å². The topological polar surface area (TPSA) is 74.7 Å². The predicted molar refractivity (Wildman–Crippen MR) is 121 cm³/mol. The second-order valence-corrected chi connectivity index (χ2v) is 12.3. The highest BCUT2D eigenvalue weighted by molar-refractivity contribution is 7.85. The molecule has 3 aliphatic rings. The second-order valence-electron chi connectivity index (χ2n) is 10.9. The van der Waals surface area contributed by atoms with E-state index in [2.05, 4.69) is 39.5 Å². The molecule has 1 aromatic rings. The Bertz CT molecular complexity index is 962. The van der Waals surface area contributed by atoms with Crippen LogP contribution >= 0.6 is 0 Å². The molecule has 0 spiro atoms. The fraction of sp³-hybridized carbons (Fsp3) is 0.720. The SMILES string of the molecule is CC(C)N(C(=O)C1CCC2C3CCc4cc(S(=O)(=O)O)ccc4C3CCC12C)C(C)C. The van der Waals surface area contributed by atoms with E-state index >= 15 is 0 Å². The number of fused-ring (bicyclic) bond motifs is 5. The summed E-state index contributed by atoms with van der Waals surface area (Å²) in [6, 6.07) is 5.57. The number of carbonyl (C=O) groups excluding carboxylic acids is 1. The highest BCUT2D eigenvalue weighted by Gasteiger charge is 2.57. The van der Waals surface area contributed by atoms with Crippen molar-refractivity contribution in [3.05, 3.63) is 29.3 Å². The lowest BCUT2D eigenvalue weighted by Crippen LogP contribution is -2.50. The molecule has 0 aliphatic heterocycles. The molecular weight excluding hydrogens is 410 g/mol. The highest BCUT2D eigenvalue weighted by Crippen LogP contribution is 2.63. The lowest BCUT2D eigenvalue weighted by molar-refractivity contribution is -0.144. The standard InChI is InChI=1S/C25H37NO4S/c1-15(2)26(16(3)4)24(27)23-11-10-22-21-8-6-17-14-18(31(28,29)30)7-9-19(17)20(21)12-13-25(22,23)5/h7,9,14-16,20-23H,6,8,10-13H2,1-5H3,(H,28,29,30). The van der Waals surface area contributed by atoms with Crippen LogP contribution in [0.15, 0.2) is 23.1 Å². The first-order chi connectivity index (χ1) is 14.4. The summed E-state index contributed by atoms with van der Waals surface area (Å²) >= 11 is 0. The lowest BCUT2D eigenvalue weighted by atomic mass is 9.54. The zero-order valence-electron chi connectivity index (χ0n) is 19.5. The molecule has 0 aromatic heterocycles. The molecule has 172 valence electrons. The van der Waals surface area contributed by atoms with Gasteiger partial charge in [-0.1, -0.05) is 13.0 Å². The molecule has 2 fully saturated rings. The largest absolute Gasteiger partial charge is 0.338 e. The molecule has 5 nitrogen and oxygen atoms in total. The molecule has 2 saturated carbocycles. The molecule has 6 heteroatoms. The van der Waals surface area contributed by atoms with Gasteiger partial charge in [-0.15, -0.1) is 0 Å². The van der Waals surface area contributed by atoms with E-state index in [1.54, 1.807) is 12.1 Å². The quantitative estimate of drug-likeness (QED) is 0.655. The van der Waals surface area contributed by atoms with Crippen LogP contribution in [0.4, 0.5) is 0 Å². The van der Waals surface area contributed by atoms with E-state index in [-0.39, 0.29) is 28.3 Å². The third-order valence-electron chi connectivity index (χ3n) is 8.66. The fourth-order valence-electron chi connectivity index (χ4n) is 7.41. The van der Waals surface area contributed by atoms with Gasteiger partial charge in [0.15, 0.2) is 0 Å². The first-order valence-electron chi connectivity index (χ1n) is 11.9. The Morgan fingerprint density at radius 2 is 1.77 bits per heavy atom. The van der Waals surface area contributed by atoms with E-state index in [1.807, 2.05) is 6.07 Å². The maximum Gasteiger partial charge on any atom is 0.294 e. The first kappa shape index (κ1) is 22.8. The number of hydrogen-bond donors (Lipinski definition) is 1. The van der Waals surface area contributed by atoms with Gasteiger partial charge in [-0.3, -0.25) is 9.35 Å². The van der Waals surface area contributed by atoms with Crippen molar-refractivity contribution in [2.45, 2.75) is 96.0 Å². The van der Waals surface area contributed by atoms with Crippen LogP contribution in [-0.2, 0) is 21.3 Å². The molecule has 1 amide bonds. The highest BCUT2D eigenvalue weighted by atomic mass is 32.2. The summed E-state index contributed by atoms with van der Waals surface area (Å²) in [5.41, 5.74) is 2.37. The number of carbonyl (C=O) groups is 1. The van der Waals surface area contributed by atoms with Gasteiger partial charge in [-0.2, -0.15) is 8.42 Å². The van der Waals surface area contributed by atoms with Crippen molar-refractivity contribution in [3.8, 4) is 0 Å². The molecule has 0 radical (unpaired) electrons. The average Bonchev–Trinajstić information content (AvgIpc) is 3.03. The van der Waals surface area contributed by atoms with Crippen molar-refractivity contribution in [1.82, 2.24) is 4.90 Å². The predicted octanol–water partition coefficient (Wildman–Crippen LogP) is 5.05. The van der Waals surface area contributed by atoms with E-state index in [4.69, 9.17) is 0 Å². The Hall–Kier alpha value is -1.40. The molecule has 5 unspecified atom stereocenters. The van der Waals surface area contributed by atoms with Crippen LogP contribution < -0.4 is 0 Å². The number of hydrogen-bond acceptors (Lipinski definition) is 3. The van der Waals surface area contributed by atoms with Gasteiger partial charge in [0.05, 0.1) is 4.90 Å². The van der Waals surface area contributed by atoms with Crippen molar-refractivity contribution in [2.75, 3.05) is 0 Å². The van der Waals surface area contributed by atoms with E-state index in [1.165, 1.54) is 5.56 Å². The van der Waals surface area contributed by atoms with Crippen molar-refractivity contribution < 1.29 is 17.8 Å². The molecule has 4 rings (SSSR count). The van der Waals surface area contributed by atoms with Crippen molar-refractivity contribution in [1.29, 1.82) is 0 Å². The first-order valence-corrected chi connectivity index (χ1v) is 13.3. The average molecular weight is 448 g/mol. The molecular formula is C25H37NO4S. The van der Waals surface area contributed by atoms with Crippen LogP contribution in [0.3, 0.4) is 0 Å². The Labute approximate surface area is 187 Å². The lowest BCUT2D eigenvalue weighted by Gasteiger charge is -2.51. The van der Waals surface area contributed by atoms with Crippen LogP contribution in [0.1, 0.15) is 83.8 Å². The third kappa shape index (κ3) is 3.74. The summed E-state index contributed by atoms with van der Waals surface area (Å²) in [6.45, 7) is 10.8. The van der Waals surface area contributed by atoms with Gasteiger partial charge in [0.1, 0.15) is 0 Å². The smallest absolute Gasteiger partial charge is 0.294 e. The number of amides is 1. The van der Waals surface area contributed by atoms with Gasteiger partial charge in [0, 0.05) is 18.0 Å². The summed E-state index contributed by atoms with van der Waals surface area (Å²) in [4.78, 5) is 15.7. The van der Waals surface area contributed by atoms with Gasteiger partial charge >= 0.3 is 0 Å². The molecule has 0 bridgehead atoms. The molecule has 1 aromatic carbocycles. The normalized spacial score (nSPS) is 32.5. The summed E-state index contributed by atoms with van der Waals surface area (Å²) in [5.74, 6) is 1.95. The Balaban J connectivity index is 1.61. The van der Waals surface area contributed by atoms with Crippen molar-refractivity contribution in [3.63, 3.8) is 0 Å². The Kier molecular flexibility index (Phi) is 5.79. The van der Waals surface area contributed by atoms with Crippen molar-refractivity contribution in [2.24, 2.45) is 23.2 Å². The Morgan fingerprint density at radius 3 is 2.39 bits per heavy atom. The van der Waals surface area contributed by atoms with E-state index in [0.29, 0.717) is 23.7 Å². The number of benzene rings is 1. The summed E-state index contributed by atoms with van der Waals surface area (Å²) in [5, 5.41) is 0. The Morgan fingerprint density at radius 1 is 1.10 bits per heavy atom. The van der Waals surface area contributed by atoms with Gasteiger partial charge < -0.3 is 4.90 Å².